The molecular formula is C13H28N2O3. The van der Waals surface area contributed by atoms with Gasteiger partial charge in [0.05, 0.1) is 26.4 Å². The van der Waals surface area contributed by atoms with Crippen LogP contribution in [-0.2, 0) is 14.2 Å². The zero-order chi connectivity index (χ0) is 13.1. The van der Waals surface area contributed by atoms with Gasteiger partial charge in [0.15, 0.2) is 0 Å². The zero-order valence-electron chi connectivity index (χ0n) is 11.7. The van der Waals surface area contributed by atoms with E-state index in [0.29, 0.717) is 25.3 Å². The van der Waals surface area contributed by atoms with Crippen molar-refractivity contribution in [2.24, 2.45) is 0 Å². The van der Waals surface area contributed by atoms with Crippen LogP contribution in [0.3, 0.4) is 0 Å². The first-order valence-corrected chi connectivity index (χ1v) is 6.94. The molecule has 0 aromatic heterocycles. The van der Waals surface area contributed by atoms with E-state index < -0.39 is 0 Å². The maximum Gasteiger partial charge on any atom is 0.0700 e. The van der Waals surface area contributed by atoms with Crippen LogP contribution in [0.15, 0.2) is 0 Å². The average molecular weight is 260 g/mol. The van der Waals surface area contributed by atoms with E-state index in [1.807, 2.05) is 0 Å². The minimum Gasteiger partial charge on any atom is -0.382 e. The molecule has 0 aliphatic carbocycles. The Labute approximate surface area is 111 Å². The second-order valence-electron chi connectivity index (χ2n) is 4.78. The summed E-state index contributed by atoms with van der Waals surface area (Å²) in [5.74, 6) is 0. The summed E-state index contributed by atoms with van der Waals surface area (Å²) in [6, 6.07) is 1.02. The van der Waals surface area contributed by atoms with Crippen LogP contribution in [0.1, 0.15) is 19.8 Å². The maximum absolute atomic E-state index is 5.44. The molecule has 0 bridgehead atoms. The van der Waals surface area contributed by atoms with Gasteiger partial charge in [0, 0.05) is 32.3 Å². The molecule has 18 heavy (non-hydrogen) atoms. The van der Waals surface area contributed by atoms with Gasteiger partial charge in [0.1, 0.15) is 0 Å². The minimum absolute atomic E-state index is 0.499. The van der Waals surface area contributed by atoms with Gasteiger partial charge < -0.3 is 24.8 Å². The van der Waals surface area contributed by atoms with Crippen molar-refractivity contribution in [3.05, 3.63) is 0 Å². The summed E-state index contributed by atoms with van der Waals surface area (Å²) >= 11 is 0. The van der Waals surface area contributed by atoms with E-state index in [-0.39, 0.29) is 0 Å². The van der Waals surface area contributed by atoms with Gasteiger partial charge in [-0.05, 0) is 26.3 Å². The Morgan fingerprint density at radius 1 is 1.39 bits per heavy atom. The van der Waals surface area contributed by atoms with Crippen LogP contribution in [0.25, 0.3) is 0 Å². The Balaban J connectivity index is 1.88. The average Bonchev–Trinajstić information content (AvgIpc) is 2.39. The lowest BCUT2D eigenvalue weighted by atomic mass is 10.1. The Kier molecular flexibility index (Phi) is 9.42. The molecule has 5 heteroatoms. The number of hydrogen-bond acceptors (Lipinski definition) is 5. The summed E-state index contributed by atoms with van der Waals surface area (Å²) in [5.41, 5.74) is 0. The fourth-order valence-electron chi connectivity index (χ4n) is 2.05. The van der Waals surface area contributed by atoms with Crippen LogP contribution >= 0.6 is 0 Å². The monoisotopic (exact) mass is 260 g/mol. The third kappa shape index (κ3) is 8.00. The molecule has 1 rings (SSSR count). The van der Waals surface area contributed by atoms with Crippen LogP contribution in [-0.4, -0.2) is 65.3 Å². The third-order valence-corrected chi connectivity index (χ3v) is 3.03. The fourth-order valence-corrected chi connectivity index (χ4v) is 2.05. The predicted octanol–water partition coefficient (Wildman–Crippen LogP) is 0.396. The molecule has 1 heterocycles. The molecule has 2 unspecified atom stereocenters. The van der Waals surface area contributed by atoms with E-state index in [1.165, 1.54) is 0 Å². The molecule has 0 radical (unpaired) electrons. The highest BCUT2D eigenvalue weighted by Crippen LogP contribution is 2.02. The van der Waals surface area contributed by atoms with Gasteiger partial charge in [-0.15, -0.1) is 0 Å². The van der Waals surface area contributed by atoms with Crippen molar-refractivity contribution in [2.75, 3.05) is 53.2 Å². The van der Waals surface area contributed by atoms with Crippen molar-refractivity contribution < 1.29 is 14.2 Å². The van der Waals surface area contributed by atoms with Crippen LogP contribution in [0, 0.1) is 0 Å². The second kappa shape index (κ2) is 10.7. The second-order valence-corrected chi connectivity index (χ2v) is 4.78. The number of hydrogen-bond donors (Lipinski definition) is 2. The lowest BCUT2D eigenvalue weighted by Gasteiger charge is -2.26. The topological polar surface area (TPSA) is 51.8 Å². The highest BCUT2D eigenvalue weighted by Gasteiger charge is 2.15. The van der Waals surface area contributed by atoms with E-state index in [1.54, 1.807) is 7.11 Å². The predicted molar refractivity (Wildman–Crippen MR) is 72.0 cm³/mol. The first kappa shape index (κ1) is 15.9. The highest BCUT2D eigenvalue weighted by atomic mass is 16.5. The molecule has 5 nitrogen and oxygen atoms in total. The van der Waals surface area contributed by atoms with Gasteiger partial charge in [-0.1, -0.05) is 0 Å². The first-order valence-electron chi connectivity index (χ1n) is 6.94. The Bertz CT molecular complexity index is 187. The lowest BCUT2D eigenvalue weighted by Crippen LogP contribution is -2.45. The molecule has 0 amide bonds. The fraction of sp³-hybridized carbons (Fsp3) is 1.00. The van der Waals surface area contributed by atoms with Crippen molar-refractivity contribution in [1.82, 2.24) is 10.6 Å². The molecular weight excluding hydrogens is 232 g/mol. The maximum atomic E-state index is 5.44. The molecule has 1 saturated heterocycles. The molecule has 1 aliphatic heterocycles. The van der Waals surface area contributed by atoms with Crippen molar-refractivity contribution >= 4 is 0 Å². The van der Waals surface area contributed by atoms with Crippen LogP contribution in [0.2, 0.25) is 0 Å². The molecule has 0 aromatic carbocycles. The lowest BCUT2D eigenvalue weighted by molar-refractivity contribution is 0.0671. The molecule has 0 aromatic rings. The first-order chi connectivity index (χ1) is 8.83. The van der Waals surface area contributed by atoms with Gasteiger partial charge >= 0.3 is 0 Å². The minimum atomic E-state index is 0.499. The smallest absolute Gasteiger partial charge is 0.0700 e. The van der Waals surface area contributed by atoms with Crippen molar-refractivity contribution in [1.29, 1.82) is 0 Å². The molecule has 2 atom stereocenters. The Hall–Kier alpha value is -0.200. The van der Waals surface area contributed by atoms with Crippen molar-refractivity contribution in [2.45, 2.75) is 31.8 Å². The molecule has 2 N–H and O–H groups in total. The number of methoxy groups -OCH3 is 1. The van der Waals surface area contributed by atoms with Crippen LogP contribution in [0.4, 0.5) is 0 Å². The summed E-state index contributed by atoms with van der Waals surface area (Å²) in [7, 11) is 1.69. The molecule has 0 spiro atoms. The number of nitrogens with one attached hydrogen (secondary N) is 2. The summed E-state index contributed by atoms with van der Waals surface area (Å²) in [5, 5.41) is 6.99. The van der Waals surface area contributed by atoms with E-state index in [4.69, 9.17) is 14.2 Å². The van der Waals surface area contributed by atoms with Crippen LogP contribution in [0.5, 0.6) is 0 Å². The SMILES string of the molecule is COCCOCCCNC(C)CC1COCCN1. The normalized spacial score (nSPS) is 22.0. The largest absolute Gasteiger partial charge is 0.382 e. The number of morpholine rings is 1. The standard InChI is InChI=1S/C13H28N2O3/c1-12(10-13-11-18-7-5-15-13)14-4-3-6-17-9-8-16-2/h12-15H,3-11H2,1-2H3. The molecule has 0 saturated carbocycles. The summed E-state index contributed by atoms with van der Waals surface area (Å²) in [6.07, 6.45) is 2.16. The van der Waals surface area contributed by atoms with Gasteiger partial charge in [0.2, 0.25) is 0 Å². The van der Waals surface area contributed by atoms with E-state index >= 15 is 0 Å². The Morgan fingerprint density at radius 3 is 3.00 bits per heavy atom. The third-order valence-electron chi connectivity index (χ3n) is 3.03. The van der Waals surface area contributed by atoms with Crippen molar-refractivity contribution in [3.8, 4) is 0 Å². The molecule has 1 aliphatic rings. The summed E-state index contributed by atoms with van der Waals surface area (Å²) in [4.78, 5) is 0. The van der Waals surface area contributed by atoms with E-state index in [0.717, 1.165) is 45.8 Å². The summed E-state index contributed by atoms with van der Waals surface area (Å²) < 4.78 is 15.8. The summed E-state index contributed by atoms with van der Waals surface area (Å²) in [6.45, 7) is 8.05. The number of rotatable bonds is 10. The van der Waals surface area contributed by atoms with Gasteiger partial charge in [-0.2, -0.15) is 0 Å². The van der Waals surface area contributed by atoms with Gasteiger partial charge in [-0.3, -0.25) is 0 Å². The van der Waals surface area contributed by atoms with E-state index in [2.05, 4.69) is 17.6 Å². The van der Waals surface area contributed by atoms with E-state index in [9.17, 15) is 0 Å². The Morgan fingerprint density at radius 2 is 2.28 bits per heavy atom. The van der Waals surface area contributed by atoms with Crippen molar-refractivity contribution in [3.63, 3.8) is 0 Å². The van der Waals surface area contributed by atoms with Gasteiger partial charge in [-0.25, -0.2) is 0 Å². The number of ether oxygens (including phenoxy) is 3. The van der Waals surface area contributed by atoms with Crippen LogP contribution < -0.4 is 10.6 Å². The molecule has 108 valence electrons. The molecule has 1 fully saturated rings. The quantitative estimate of drug-likeness (QED) is 0.557. The highest BCUT2D eigenvalue weighted by molar-refractivity contribution is 4.75. The van der Waals surface area contributed by atoms with Gasteiger partial charge in [0.25, 0.3) is 0 Å². The zero-order valence-corrected chi connectivity index (χ0v) is 11.7.